The third-order valence-corrected chi connectivity index (χ3v) is 4.32. The van der Waals surface area contributed by atoms with Gasteiger partial charge in [0.05, 0.1) is 11.9 Å². The zero-order chi connectivity index (χ0) is 13.7. The molecule has 5 heteroatoms. The van der Waals surface area contributed by atoms with E-state index in [2.05, 4.69) is 39.9 Å². The molecule has 1 aliphatic carbocycles. The molecule has 2 heterocycles. The summed E-state index contributed by atoms with van der Waals surface area (Å²) in [5.41, 5.74) is 0.365. The summed E-state index contributed by atoms with van der Waals surface area (Å²) in [6.45, 7) is 4.11. The molecule has 3 rings (SSSR count). The Morgan fingerprint density at radius 1 is 1.42 bits per heavy atom. The van der Waals surface area contributed by atoms with Crippen LogP contribution in [0.3, 0.4) is 0 Å². The van der Waals surface area contributed by atoms with Gasteiger partial charge in [0.2, 0.25) is 0 Å². The van der Waals surface area contributed by atoms with E-state index in [4.69, 9.17) is 4.52 Å². The molecular weight excluding hydrogens is 308 g/mol. The van der Waals surface area contributed by atoms with Crippen molar-refractivity contribution in [2.45, 2.75) is 37.7 Å². The molecule has 1 N–H and O–H groups in total. The van der Waals surface area contributed by atoms with Gasteiger partial charge in [0, 0.05) is 28.1 Å². The molecule has 1 atom stereocenters. The van der Waals surface area contributed by atoms with Crippen LogP contribution >= 0.6 is 15.9 Å². The first-order chi connectivity index (χ1) is 8.92. The molecule has 2 aromatic heterocycles. The van der Waals surface area contributed by atoms with Crippen LogP contribution in [0.2, 0.25) is 0 Å². The molecule has 0 fully saturated rings. The number of hydrogen-bond acceptors (Lipinski definition) is 4. The van der Waals surface area contributed by atoms with Crippen LogP contribution < -0.4 is 0 Å². The zero-order valence-electron chi connectivity index (χ0n) is 10.9. The van der Waals surface area contributed by atoms with Crippen molar-refractivity contribution in [3.8, 4) is 0 Å². The highest BCUT2D eigenvalue weighted by molar-refractivity contribution is 9.10. The standard InChI is InChI=1S/C14H15BrN2O2/c1-13(2)8-14(18,6-9-7-17-19-12(9)13)11-10(15)4-3-5-16-11/h3-5,7,18H,6,8H2,1-2H3. The summed E-state index contributed by atoms with van der Waals surface area (Å²) in [7, 11) is 0. The van der Waals surface area contributed by atoms with Gasteiger partial charge in [0.15, 0.2) is 0 Å². The van der Waals surface area contributed by atoms with E-state index in [1.165, 1.54) is 0 Å². The number of hydrogen-bond donors (Lipinski definition) is 1. The molecule has 19 heavy (non-hydrogen) atoms. The lowest BCUT2D eigenvalue weighted by Crippen LogP contribution is -2.41. The molecule has 0 saturated carbocycles. The first-order valence-corrected chi connectivity index (χ1v) is 6.99. The Morgan fingerprint density at radius 2 is 2.21 bits per heavy atom. The summed E-state index contributed by atoms with van der Waals surface area (Å²) in [4.78, 5) is 4.35. The minimum Gasteiger partial charge on any atom is -0.383 e. The normalized spacial score (nSPS) is 25.1. The molecule has 1 aliphatic rings. The number of rotatable bonds is 1. The first kappa shape index (κ1) is 12.8. The van der Waals surface area contributed by atoms with E-state index in [-0.39, 0.29) is 5.41 Å². The molecule has 0 saturated heterocycles. The second-order valence-electron chi connectivity index (χ2n) is 5.78. The van der Waals surface area contributed by atoms with Gasteiger partial charge in [-0.05, 0) is 34.5 Å². The van der Waals surface area contributed by atoms with Gasteiger partial charge in [-0.15, -0.1) is 0 Å². The van der Waals surface area contributed by atoms with Gasteiger partial charge in [-0.1, -0.05) is 19.0 Å². The van der Waals surface area contributed by atoms with E-state index in [1.54, 1.807) is 12.4 Å². The topological polar surface area (TPSA) is 59.2 Å². The average Bonchev–Trinajstić information content (AvgIpc) is 2.77. The summed E-state index contributed by atoms with van der Waals surface area (Å²) < 4.78 is 6.16. The third-order valence-electron chi connectivity index (χ3n) is 3.68. The van der Waals surface area contributed by atoms with Gasteiger partial charge in [-0.3, -0.25) is 4.98 Å². The van der Waals surface area contributed by atoms with Gasteiger partial charge >= 0.3 is 0 Å². The molecule has 0 bridgehead atoms. The van der Waals surface area contributed by atoms with E-state index < -0.39 is 5.60 Å². The van der Waals surface area contributed by atoms with Crippen molar-refractivity contribution in [1.29, 1.82) is 0 Å². The van der Waals surface area contributed by atoms with E-state index >= 15 is 0 Å². The molecule has 0 aromatic carbocycles. The Kier molecular flexibility index (Phi) is 2.80. The van der Waals surface area contributed by atoms with Gasteiger partial charge in [0.25, 0.3) is 0 Å². The minimum atomic E-state index is -0.998. The van der Waals surface area contributed by atoms with Crippen molar-refractivity contribution >= 4 is 15.9 Å². The second kappa shape index (κ2) is 4.15. The van der Waals surface area contributed by atoms with E-state index in [9.17, 15) is 5.11 Å². The van der Waals surface area contributed by atoms with Crippen LogP contribution in [0.25, 0.3) is 0 Å². The average molecular weight is 323 g/mol. The number of nitrogens with zero attached hydrogens (tertiary/aromatic N) is 2. The number of pyridine rings is 1. The molecule has 1 unspecified atom stereocenters. The van der Waals surface area contributed by atoms with Crippen LogP contribution in [0.1, 0.15) is 37.3 Å². The van der Waals surface area contributed by atoms with Crippen molar-refractivity contribution < 1.29 is 9.63 Å². The summed E-state index contributed by atoms with van der Waals surface area (Å²) in [5.74, 6) is 0.865. The molecule has 2 aromatic rings. The largest absolute Gasteiger partial charge is 0.383 e. The number of fused-ring (bicyclic) bond motifs is 1. The van der Waals surface area contributed by atoms with Crippen LogP contribution in [0, 0.1) is 0 Å². The predicted molar refractivity (Wildman–Crippen MR) is 73.7 cm³/mol. The van der Waals surface area contributed by atoms with Gasteiger partial charge in [-0.2, -0.15) is 0 Å². The highest BCUT2D eigenvalue weighted by Gasteiger charge is 2.47. The van der Waals surface area contributed by atoms with Crippen molar-refractivity contribution in [1.82, 2.24) is 10.1 Å². The monoisotopic (exact) mass is 322 g/mol. The Morgan fingerprint density at radius 3 is 2.95 bits per heavy atom. The Hall–Kier alpha value is -1.20. The molecule has 4 nitrogen and oxygen atoms in total. The SMILES string of the molecule is CC1(C)CC(O)(c2ncccc2Br)Cc2cnoc21. The minimum absolute atomic E-state index is 0.268. The maximum Gasteiger partial charge on any atom is 0.145 e. The van der Waals surface area contributed by atoms with Crippen molar-refractivity contribution in [2.24, 2.45) is 0 Å². The maximum atomic E-state index is 11.1. The number of aliphatic hydroxyl groups is 1. The van der Waals surface area contributed by atoms with Crippen LogP contribution in [-0.2, 0) is 17.4 Å². The van der Waals surface area contributed by atoms with Crippen molar-refractivity contribution in [3.63, 3.8) is 0 Å². The molecular formula is C14H15BrN2O2. The Bertz CT molecular complexity index is 623. The lowest BCUT2D eigenvalue weighted by molar-refractivity contribution is -0.0103. The van der Waals surface area contributed by atoms with Gasteiger partial charge < -0.3 is 9.63 Å². The summed E-state index contributed by atoms with van der Waals surface area (Å²) in [5, 5.41) is 14.9. The number of halogens is 1. The smallest absolute Gasteiger partial charge is 0.145 e. The summed E-state index contributed by atoms with van der Waals surface area (Å²) in [6, 6.07) is 3.74. The third kappa shape index (κ3) is 2.01. The van der Waals surface area contributed by atoms with Crippen molar-refractivity contribution in [2.75, 3.05) is 0 Å². The number of aromatic nitrogens is 2. The molecule has 0 radical (unpaired) electrons. The predicted octanol–water partition coefficient (Wildman–Crippen LogP) is 2.94. The maximum absolute atomic E-state index is 11.1. The van der Waals surface area contributed by atoms with E-state index in [0.29, 0.717) is 18.5 Å². The second-order valence-corrected chi connectivity index (χ2v) is 6.64. The molecule has 100 valence electrons. The fourth-order valence-electron chi connectivity index (χ4n) is 3.03. The quantitative estimate of drug-likeness (QED) is 0.877. The molecule has 0 amide bonds. The lowest BCUT2D eigenvalue weighted by Gasteiger charge is -2.39. The van der Waals surface area contributed by atoms with Crippen molar-refractivity contribution in [3.05, 3.63) is 46.0 Å². The van der Waals surface area contributed by atoms with Crippen LogP contribution in [-0.4, -0.2) is 15.2 Å². The van der Waals surface area contributed by atoms with Crippen LogP contribution in [0.4, 0.5) is 0 Å². The highest BCUT2D eigenvalue weighted by Crippen LogP contribution is 2.46. The van der Waals surface area contributed by atoms with Crippen LogP contribution in [0.5, 0.6) is 0 Å². The molecule has 0 aliphatic heterocycles. The fourth-order valence-corrected chi connectivity index (χ4v) is 3.65. The molecule has 0 spiro atoms. The van der Waals surface area contributed by atoms with E-state index in [1.807, 2.05) is 12.1 Å². The fraction of sp³-hybridized carbons (Fsp3) is 0.429. The highest BCUT2D eigenvalue weighted by atomic mass is 79.9. The Labute approximate surface area is 120 Å². The summed E-state index contributed by atoms with van der Waals surface area (Å²) >= 11 is 3.47. The summed E-state index contributed by atoms with van der Waals surface area (Å²) in [6.07, 6.45) is 4.43. The zero-order valence-corrected chi connectivity index (χ0v) is 12.4. The van der Waals surface area contributed by atoms with Gasteiger partial charge in [0.1, 0.15) is 11.4 Å². The van der Waals surface area contributed by atoms with Gasteiger partial charge in [-0.25, -0.2) is 0 Å². The first-order valence-electron chi connectivity index (χ1n) is 6.20. The van der Waals surface area contributed by atoms with E-state index in [0.717, 1.165) is 15.8 Å². The lowest BCUT2D eigenvalue weighted by atomic mass is 9.68. The Balaban J connectivity index is 2.11. The van der Waals surface area contributed by atoms with Crippen LogP contribution in [0.15, 0.2) is 33.5 Å².